The molecule has 0 saturated carbocycles. The summed E-state index contributed by atoms with van der Waals surface area (Å²) >= 11 is 0. The third kappa shape index (κ3) is 5.28. The van der Waals surface area contributed by atoms with Crippen LogP contribution in [0.15, 0.2) is 22.6 Å². The molecule has 1 N–H and O–H groups in total. The van der Waals surface area contributed by atoms with Gasteiger partial charge in [0.1, 0.15) is 17.1 Å². The Hall–Kier alpha value is -1.48. The molecule has 0 spiro atoms. The molecule has 0 radical (unpaired) electrons. The van der Waals surface area contributed by atoms with E-state index in [1.165, 1.54) is 30.7 Å². The zero-order valence-corrected chi connectivity index (χ0v) is 18.8. The molecule has 1 aromatic heterocycles. The fourth-order valence-corrected chi connectivity index (χ4v) is 4.12. The van der Waals surface area contributed by atoms with Crippen molar-refractivity contribution in [1.82, 2.24) is 4.90 Å². The van der Waals surface area contributed by atoms with E-state index in [4.69, 9.17) is 4.42 Å². The zero-order valence-electron chi connectivity index (χ0n) is 18.8. The molecule has 3 nitrogen and oxygen atoms in total. The van der Waals surface area contributed by atoms with Crippen LogP contribution in [0.1, 0.15) is 85.5 Å². The van der Waals surface area contributed by atoms with Crippen molar-refractivity contribution in [3.63, 3.8) is 0 Å². The highest BCUT2D eigenvalue weighted by Crippen LogP contribution is 2.43. The molecule has 2 aliphatic rings. The maximum absolute atomic E-state index is 9.75. The van der Waals surface area contributed by atoms with Crippen molar-refractivity contribution in [3.05, 3.63) is 29.5 Å². The quantitative estimate of drug-likeness (QED) is 0.540. The van der Waals surface area contributed by atoms with E-state index in [2.05, 4.69) is 32.6 Å². The molecule has 154 valence electrons. The van der Waals surface area contributed by atoms with E-state index in [0.717, 1.165) is 29.9 Å². The zero-order chi connectivity index (χ0) is 20.6. The Morgan fingerprint density at radius 3 is 2.37 bits per heavy atom. The lowest BCUT2D eigenvalue weighted by Crippen LogP contribution is -2.44. The highest BCUT2D eigenvalue weighted by molar-refractivity contribution is 5.84. The lowest BCUT2D eigenvalue weighted by Gasteiger charge is -2.40. The molecule has 2 aliphatic heterocycles. The smallest absolute Gasteiger partial charge is 0.134 e. The number of piperidine rings is 1. The van der Waals surface area contributed by atoms with Crippen LogP contribution in [0.2, 0.25) is 0 Å². The molecule has 1 saturated heterocycles. The van der Waals surface area contributed by atoms with Gasteiger partial charge < -0.3 is 9.52 Å². The van der Waals surface area contributed by atoms with E-state index in [9.17, 15) is 5.11 Å². The minimum atomic E-state index is 0.329. The van der Waals surface area contributed by atoms with E-state index >= 15 is 0 Å². The summed E-state index contributed by atoms with van der Waals surface area (Å²) in [6.45, 7) is 19.2. The third-order valence-corrected chi connectivity index (χ3v) is 5.15. The van der Waals surface area contributed by atoms with Crippen LogP contribution in [0.25, 0.3) is 11.0 Å². The number of nitrogens with zero attached hydrogens (tertiary/aromatic N) is 1. The summed E-state index contributed by atoms with van der Waals surface area (Å²) in [6, 6.07) is 6.02. The minimum Gasteiger partial charge on any atom is -0.508 e. The number of phenolic OH excluding ortho intramolecular Hbond substituents is 1. The van der Waals surface area contributed by atoms with Gasteiger partial charge in [-0.2, -0.15) is 0 Å². The van der Waals surface area contributed by atoms with E-state index in [1.54, 1.807) is 6.07 Å². The van der Waals surface area contributed by atoms with Crippen LogP contribution in [0.4, 0.5) is 0 Å². The van der Waals surface area contributed by atoms with Crippen LogP contribution in [-0.2, 0) is 6.42 Å². The van der Waals surface area contributed by atoms with E-state index in [-0.39, 0.29) is 0 Å². The number of rotatable bonds is 0. The molecular formula is C24H41NO2. The Bertz CT molecular complexity index is 676. The van der Waals surface area contributed by atoms with E-state index < -0.39 is 0 Å². The highest BCUT2D eigenvalue weighted by atomic mass is 16.3. The van der Waals surface area contributed by atoms with Gasteiger partial charge in [0.2, 0.25) is 0 Å². The first-order valence-electron chi connectivity index (χ1n) is 11.0. The second-order valence-electron chi connectivity index (χ2n) is 7.27. The van der Waals surface area contributed by atoms with Gasteiger partial charge in [0.15, 0.2) is 0 Å². The monoisotopic (exact) mass is 375 g/mol. The standard InChI is InChI=1S/C17H21NO2.C3H8.2C2H6/c1-10-7-14-11(2)18(9-10)6-5-13-15-8-12(19)3-4-16(15)20-17(13)14;1-3-2;2*1-2/h3-4,8,10-11,14,19H,5-7,9H2,1-2H3;3H2,1-2H3;2*1-2H3/t10-,11?,14?;;;/m0.../s1. The predicted octanol–water partition coefficient (Wildman–Crippen LogP) is 6.98. The second kappa shape index (κ2) is 11.4. The normalized spacial score (nSPS) is 25.5. The fourth-order valence-electron chi connectivity index (χ4n) is 4.12. The number of fused-ring (bicyclic) bond motifs is 6. The molecular weight excluding hydrogens is 334 g/mol. The number of benzene rings is 1. The first kappa shape index (κ1) is 23.6. The first-order chi connectivity index (χ1) is 13.0. The molecule has 27 heavy (non-hydrogen) atoms. The number of hydrogen-bond acceptors (Lipinski definition) is 3. The first-order valence-corrected chi connectivity index (χ1v) is 11.0. The topological polar surface area (TPSA) is 36.6 Å². The van der Waals surface area contributed by atoms with Gasteiger partial charge in [0.05, 0.1) is 0 Å². The van der Waals surface area contributed by atoms with Gasteiger partial charge >= 0.3 is 0 Å². The van der Waals surface area contributed by atoms with Crippen molar-refractivity contribution in [3.8, 4) is 5.75 Å². The van der Waals surface area contributed by atoms with Crippen LogP contribution in [0.3, 0.4) is 0 Å². The number of aromatic hydroxyl groups is 1. The van der Waals surface area contributed by atoms with Gasteiger partial charge in [-0.1, -0.05) is 54.9 Å². The predicted molar refractivity (Wildman–Crippen MR) is 118 cm³/mol. The van der Waals surface area contributed by atoms with Crippen molar-refractivity contribution < 1.29 is 9.52 Å². The molecule has 4 rings (SSSR count). The van der Waals surface area contributed by atoms with Gasteiger partial charge in [-0.15, -0.1) is 0 Å². The maximum atomic E-state index is 9.75. The lowest BCUT2D eigenvalue weighted by molar-refractivity contribution is 0.105. The molecule has 4 atom stereocenters. The van der Waals surface area contributed by atoms with Crippen LogP contribution < -0.4 is 0 Å². The summed E-state index contributed by atoms with van der Waals surface area (Å²) < 4.78 is 6.19. The molecule has 0 aliphatic carbocycles. The summed E-state index contributed by atoms with van der Waals surface area (Å²) in [5.74, 6) is 2.72. The summed E-state index contributed by atoms with van der Waals surface area (Å²) in [6.07, 6.45) is 3.48. The summed E-state index contributed by atoms with van der Waals surface area (Å²) in [7, 11) is 0. The van der Waals surface area contributed by atoms with Crippen LogP contribution in [-0.4, -0.2) is 29.1 Å². The van der Waals surface area contributed by atoms with Gasteiger partial charge in [0, 0.05) is 36.0 Å². The molecule has 2 aromatic rings. The van der Waals surface area contributed by atoms with Gasteiger partial charge in [-0.05, 0) is 43.9 Å². The Morgan fingerprint density at radius 2 is 1.74 bits per heavy atom. The average molecular weight is 376 g/mol. The molecule has 0 amide bonds. The van der Waals surface area contributed by atoms with Crippen molar-refractivity contribution in [2.24, 2.45) is 5.92 Å². The molecule has 1 aromatic carbocycles. The highest BCUT2D eigenvalue weighted by Gasteiger charge is 2.38. The van der Waals surface area contributed by atoms with Crippen molar-refractivity contribution in [2.45, 2.75) is 86.6 Å². The molecule has 2 bridgehead atoms. The molecule has 3 heterocycles. The SMILES string of the molecule is CC.CC.CC1C2C[C@H](C)CN1CCc1c2oc2ccc(O)cc12.CCC. The Labute approximate surface area is 166 Å². The maximum Gasteiger partial charge on any atom is 0.134 e. The molecule has 3 unspecified atom stereocenters. The number of furan rings is 1. The number of hydrogen-bond donors (Lipinski definition) is 1. The Kier molecular flexibility index (Phi) is 9.93. The van der Waals surface area contributed by atoms with Gasteiger partial charge in [-0.3, -0.25) is 4.90 Å². The van der Waals surface area contributed by atoms with E-state index in [0.29, 0.717) is 17.7 Å². The van der Waals surface area contributed by atoms with Crippen molar-refractivity contribution >= 4 is 11.0 Å². The average Bonchev–Trinajstić information content (AvgIpc) is 3.00. The molecule has 1 fully saturated rings. The largest absolute Gasteiger partial charge is 0.508 e. The minimum absolute atomic E-state index is 0.329. The van der Waals surface area contributed by atoms with Crippen LogP contribution >= 0.6 is 0 Å². The van der Waals surface area contributed by atoms with E-state index in [1.807, 2.05) is 39.8 Å². The van der Waals surface area contributed by atoms with Crippen molar-refractivity contribution in [1.29, 1.82) is 0 Å². The van der Waals surface area contributed by atoms with Crippen LogP contribution in [0.5, 0.6) is 5.75 Å². The summed E-state index contributed by atoms with van der Waals surface area (Å²) in [5, 5.41) is 10.9. The fraction of sp³-hybridized carbons (Fsp3) is 0.667. The Balaban J connectivity index is 0.000000466. The van der Waals surface area contributed by atoms with Crippen LogP contribution in [0, 0.1) is 5.92 Å². The Morgan fingerprint density at radius 1 is 1.11 bits per heavy atom. The number of phenols is 1. The molecule has 3 heteroatoms. The third-order valence-electron chi connectivity index (χ3n) is 5.15. The van der Waals surface area contributed by atoms with Gasteiger partial charge in [-0.25, -0.2) is 0 Å². The van der Waals surface area contributed by atoms with Gasteiger partial charge in [0.25, 0.3) is 0 Å². The summed E-state index contributed by atoms with van der Waals surface area (Å²) in [5.41, 5.74) is 2.25. The summed E-state index contributed by atoms with van der Waals surface area (Å²) in [4.78, 5) is 2.60. The second-order valence-corrected chi connectivity index (χ2v) is 7.27. The lowest BCUT2D eigenvalue weighted by atomic mass is 9.83. The van der Waals surface area contributed by atoms with Crippen molar-refractivity contribution in [2.75, 3.05) is 13.1 Å².